The Labute approximate surface area is 236 Å². The summed E-state index contributed by atoms with van der Waals surface area (Å²) in [5, 5.41) is 2.95. The number of hydrogen-bond acceptors (Lipinski definition) is 5. The first-order valence-electron chi connectivity index (χ1n) is 13.5. The van der Waals surface area contributed by atoms with Gasteiger partial charge in [0, 0.05) is 25.6 Å². The van der Waals surface area contributed by atoms with Crippen molar-refractivity contribution in [1.29, 1.82) is 0 Å². The average molecular weight is 564 g/mol. The molecule has 0 saturated heterocycles. The maximum atomic E-state index is 13.5. The van der Waals surface area contributed by atoms with Crippen LogP contribution in [0.2, 0.25) is 0 Å². The smallest absolute Gasteiger partial charge is 0.242 e. The van der Waals surface area contributed by atoms with Crippen LogP contribution < -0.4 is 14.8 Å². The number of benzene rings is 3. The molecule has 0 heterocycles. The number of nitrogens with zero attached hydrogens (tertiary/aromatic N) is 1. The first-order valence-corrected chi connectivity index (χ1v) is 15.0. The van der Waals surface area contributed by atoms with E-state index in [2.05, 4.69) is 10.0 Å². The van der Waals surface area contributed by atoms with Crippen molar-refractivity contribution >= 4 is 21.8 Å². The first kappa shape index (κ1) is 29.3. The molecular weight excluding hydrogens is 526 g/mol. The quantitative estimate of drug-likeness (QED) is 0.326. The highest BCUT2D eigenvalue weighted by atomic mass is 32.2. The zero-order valence-electron chi connectivity index (χ0n) is 23.2. The van der Waals surface area contributed by atoms with Crippen LogP contribution in [0, 0.1) is 6.92 Å². The van der Waals surface area contributed by atoms with Crippen molar-refractivity contribution in [1.82, 2.24) is 14.9 Å². The molecule has 0 aromatic heterocycles. The van der Waals surface area contributed by atoms with Crippen molar-refractivity contribution in [3.63, 3.8) is 0 Å². The van der Waals surface area contributed by atoms with Crippen LogP contribution in [0.5, 0.6) is 5.75 Å². The molecule has 1 atom stereocenters. The molecule has 3 aromatic carbocycles. The Hall–Kier alpha value is -3.69. The van der Waals surface area contributed by atoms with Gasteiger partial charge in [0.15, 0.2) is 0 Å². The van der Waals surface area contributed by atoms with Gasteiger partial charge in [0.2, 0.25) is 21.8 Å². The number of ether oxygens (including phenoxy) is 1. The second-order valence-electron chi connectivity index (χ2n) is 10.3. The highest BCUT2D eigenvalue weighted by Crippen LogP contribution is 2.23. The average Bonchev–Trinajstić information content (AvgIpc) is 3.77. The van der Waals surface area contributed by atoms with Crippen molar-refractivity contribution < 1.29 is 22.7 Å². The number of sulfonamides is 1. The number of methoxy groups -OCH3 is 1. The summed E-state index contributed by atoms with van der Waals surface area (Å²) in [6.45, 7) is 4.39. The number of rotatable bonds is 13. The van der Waals surface area contributed by atoms with Gasteiger partial charge in [0.05, 0.1) is 12.0 Å². The zero-order valence-corrected chi connectivity index (χ0v) is 24.0. The fourth-order valence-electron chi connectivity index (χ4n) is 4.27. The minimum Gasteiger partial charge on any atom is -0.497 e. The summed E-state index contributed by atoms with van der Waals surface area (Å²) in [7, 11) is -1.93. The van der Waals surface area contributed by atoms with E-state index < -0.39 is 16.1 Å². The number of nitrogens with one attached hydrogen (secondary N) is 2. The van der Waals surface area contributed by atoms with E-state index in [-0.39, 0.29) is 35.7 Å². The first-order chi connectivity index (χ1) is 19.1. The van der Waals surface area contributed by atoms with Gasteiger partial charge in [0.1, 0.15) is 11.8 Å². The predicted octanol–water partition coefficient (Wildman–Crippen LogP) is 4.11. The van der Waals surface area contributed by atoms with Crippen molar-refractivity contribution in [2.45, 2.75) is 69.6 Å². The summed E-state index contributed by atoms with van der Waals surface area (Å²) >= 11 is 0. The van der Waals surface area contributed by atoms with Crippen molar-refractivity contribution in [3.8, 4) is 5.75 Å². The third-order valence-electron chi connectivity index (χ3n) is 7.03. The maximum absolute atomic E-state index is 13.5. The predicted molar refractivity (Wildman–Crippen MR) is 154 cm³/mol. The lowest BCUT2D eigenvalue weighted by molar-refractivity contribution is -0.140. The molecule has 1 aliphatic carbocycles. The van der Waals surface area contributed by atoms with E-state index in [1.807, 2.05) is 55.5 Å². The molecule has 212 valence electrons. The minimum absolute atomic E-state index is 0.0371. The lowest BCUT2D eigenvalue weighted by atomic mass is 10.1. The van der Waals surface area contributed by atoms with Crippen LogP contribution in [-0.4, -0.2) is 44.3 Å². The Morgan fingerprint density at radius 3 is 2.12 bits per heavy atom. The Kier molecular flexibility index (Phi) is 9.60. The molecule has 2 N–H and O–H groups in total. The lowest BCUT2D eigenvalue weighted by Crippen LogP contribution is -2.47. The van der Waals surface area contributed by atoms with Crippen LogP contribution >= 0.6 is 0 Å². The van der Waals surface area contributed by atoms with E-state index in [4.69, 9.17) is 4.74 Å². The molecule has 0 radical (unpaired) electrons. The molecule has 0 bridgehead atoms. The minimum atomic E-state index is -3.53. The van der Waals surface area contributed by atoms with Crippen LogP contribution in [-0.2, 0) is 39.1 Å². The Morgan fingerprint density at radius 1 is 0.925 bits per heavy atom. The molecule has 2 amide bonds. The topological polar surface area (TPSA) is 105 Å². The van der Waals surface area contributed by atoms with Gasteiger partial charge in [-0.15, -0.1) is 0 Å². The second kappa shape index (κ2) is 13.1. The number of carbonyl (C=O) groups is 2. The summed E-state index contributed by atoms with van der Waals surface area (Å²) in [6, 6.07) is 21.3. The summed E-state index contributed by atoms with van der Waals surface area (Å²) < 4.78 is 32.8. The zero-order chi connectivity index (χ0) is 28.7. The third kappa shape index (κ3) is 8.16. The van der Waals surface area contributed by atoms with Crippen molar-refractivity contribution in [3.05, 3.63) is 95.1 Å². The van der Waals surface area contributed by atoms with Gasteiger partial charge in [-0.25, -0.2) is 13.1 Å². The van der Waals surface area contributed by atoms with Gasteiger partial charge >= 0.3 is 0 Å². The van der Waals surface area contributed by atoms with Gasteiger partial charge < -0.3 is 15.0 Å². The Morgan fingerprint density at radius 2 is 1.52 bits per heavy atom. The molecule has 1 fully saturated rings. The number of amides is 2. The van der Waals surface area contributed by atoms with Crippen molar-refractivity contribution in [2.24, 2.45) is 0 Å². The summed E-state index contributed by atoms with van der Waals surface area (Å²) in [6.07, 6.45) is 2.34. The van der Waals surface area contributed by atoms with Gasteiger partial charge in [-0.2, -0.15) is 0 Å². The molecule has 4 rings (SSSR count). The van der Waals surface area contributed by atoms with E-state index in [9.17, 15) is 18.0 Å². The summed E-state index contributed by atoms with van der Waals surface area (Å²) in [4.78, 5) is 28.4. The molecule has 0 aliphatic heterocycles. The SMILES string of the molecule is COc1ccc(CN(C(=O)CCc2ccc(S(=O)(=O)NC3CC3)cc2)C(C)C(=O)NCc2ccc(C)cc2)cc1. The lowest BCUT2D eigenvalue weighted by Gasteiger charge is -2.29. The highest BCUT2D eigenvalue weighted by molar-refractivity contribution is 7.89. The van der Waals surface area contributed by atoms with Gasteiger partial charge in [-0.1, -0.05) is 54.1 Å². The molecule has 0 spiro atoms. The monoisotopic (exact) mass is 563 g/mol. The molecule has 1 aliphatic rings. The normalized spacial score (nSPS) is 13.9. The maximum Gasteiger partial charge on any atom is 0.242 e. The van der Waals surface area contributed by atoms with Crippen LogP contribution in [0.1, 0.15) is 48.4 Å². The summed E-state index contributed by atoms with van der Waals surface area (Å²) in [5.41, 5.74) is 3.85. The third-order valence-corrected chi connectivity index (χ3v) is 8.56. The largest absolute Gasteiger partial charge is 0.497 e. The van der Waals surface area contributed by atoms with E-state index in [1.165, 1.54) is 0 Å². The number of aryl methyl sites for hydroxylation is 2. The van der Waals surface area contributed by atoms with Crippen molar-refractivity contribution in [2.75, 3.05) is 7.11 Å². The second-order valence-corrected chi connectivity index (χ2v) is 12.0. The van der Waals surface area contributed by atoms with Crippen LogP contribution in [0.15, 0.2) is 77.7 Å². The van der Waals surface area contributed by atoms with Gasteiger partial charge in [0.25, 0.3) is 0 Å². The molecule has 1 saturated carbocycles. The molecule has 8 nitrogen and oxygen atoms in total. The van der Waals surface area contributed by atoms with Gasteiger partial charge in [-0.05, 0) is 74.1 Å². The Balaban J connectivity index is 1.42. The Bertz CT molecular complexity index is 1400. The number of hydrogen-bond donors (Lipinski definition) is 2. The van der Waals surface area contributed by atoms with E-state index in [0.29, 0.717) is 18.7 Å². The van der Waals surface area contributed by atoms with Crippen LogP contribution in [0.25, 0.3) is 0 Å². The molecule has 40 heavy (non-hydrogen) atoms. The van der Waals surface area contributed by atoms with Crippen LogP contribution in [0.4, 0.5) is 0 Å². The molecule has 9 heteroatoms. The molecular formula is C31H37N3O5S. The highest BCUT2D eigenvalue weighted by Gasteiger charge is 2.28. The molecule has 1 unspecified atom stereocenters. The fourth-order valence-corrected chi connectivity index (χ4v) is 5.58. The van der Waals surface area contributed by atoms with E-state index >= 15 is 0 Å². The van der Waals surface area contributed by atoms with E-state index in [1.54, 1.807) is 43.2 Å². The fraction of sp³-hybridized carbons (Fsp3) is 0.355. The summed E-state index contributed by atoms with van der Waals surface area (Å²) in [5.74, 6) is 0.310. The number of carbonyl (C=O) groups excluding carboxylic acids is 2. The standard InChI is InChI=1S/C31H37N3O5S/c1-22-4-6-25(7-5-22)20-32-31(36)23(2)34(21-26-8-15-28(39-3)16-9-26)30(35)19-12-24-10-17-29(18-11-24)40(37,38)33-27-13-14-27/h4-11,15-18,23,27,33H,12-14,19-21H2,1-3H3,(H,32,36). The van der Waals surface area contributed by atoms with E-state index in [0.717, 1.165) is 35.1 Å². The molecule has 3 aromatic rings. The van der Waals surface area contributed by atoms with Gasteiger partial charge in [-0.3, -0.25) is 9.59 Å². The van der Waals surface area contributed by atoms with Crippen LogP contribution in [0.3, 0.4) is 0 Å².